The summed E-state index contributed by atoms with van der Waals surface area (Å²) in [4.78, 5) is 27.5. The van der Waals surface area contributed by atoms with Crippen LogP contribution in [0.5, 0.6) is 11.5 Å². The number of halogens is 1. The zero-order valence-corrected chi connectivity index (χ0v) is 19.0. The number of hydrogen-bond acceptors (Lipinski definition) is 7. The second-order valence-electron chi connectivity index (χ2n) is 7.05. The summed E-state index contributed by atoms with van der Waals surface area (Å²) < 4.78 is 15.7. The van der Waals surface area contributed by atoms with E-state index in [4.69, 9.17) is 38.0 Å². The Labute approximate surface area is 190 Å². The molecule has 31 heavy (non-hydrogen) atoms. The molecule has 11 heteroatoms. The number of hydrogen-bond donors (Lipinski definition) is 3. The predicted octanol–water partition coefficient (Wildman–Crippen LogP) is 5.32. The predicted molar refractivity (Wildman–Crippen MR) is 122 cm³/mol. The number of carbonyl (C=O) groups excluding carboxylic acids is 2. The lowest BCUT2D eigenvalue weighted by atomic mass is 10.2. The van der Waals surface area contributed by atoms with Gasteiger partial charge in [0.2, 0.25) is 0 Å². The van der Waals surface area contributed by atoms with Crippen LogP contribution in [0.3, 0.4) is 0 Å². The molecule has 0 unspecified atom stereocenters. The van der Waals surface area contributed by atoms with Crippen LogP contribution < -0.4 is 20.7 Å². The summed E-state index contributed by atoms with van der Waals surface area (Å²) in [5.74, 6) is 1.26. The Morgan fingerprint density at radius 1 is 1.10 bits per heavy atom. The Balaban J connectivity index is 1.99. The summed E-state index contributed by atoms with van der Waals surface area (Å²) in [5, 5.41) is 8.08. The highest BCUT2D eigenvalue weighted by atomic mass is 35.5. The molecule has 0 aliphatic carbocycles. The van der Waals surface area contributed by atoms with Crippen LogP contribution >= 0.6 is 23.8 Å². The van der Waals surface area contributed by atoms with Crippen molar-refractivity contribution < 1.29 is 23.8 Å². The molecule has 2 rings (SSSR count). The number of amides is 2. The topological polar surface area (TPSA) is 111 Å². The normalized spacial score (nSPS) is 10.6. The van der Waals surface area contributed by atoms with Gasteiger partial charge in [0.1, 0.15) is 22.9 Å². The van der Waals surface area contributed by atoms with Crippen LogP contribution in [0.15, 0.2) is 36.5 Å². The van der Waals surface area contributed by atoms with Gasteiger partial charge in [0.25, 0.3) is 0 Å². The van der Waals surface area contributed by atoms with E-state index in [1.807, 2.05) is 0 Å². The number of aromatic nitrogens is 1. The molecule has 0 radical (unpaired) electrons. The molecule has 2 aromatic rings. The van der Waals surface area contributed by atoms with Gasteiger partial charge in [-0.2, -0.15) is 0 Å². The number of carbonyl (C=O) groups is 2. The molecule has 0 fully saturated rings. The molecule has 0 spiro atoms. The number of nitrogens with one attached hydrogen (secondary N) is 3. The van der Waals surface area contributed by atoms with Gasteiger partial charge in [-0.1, -0.05) is 11.6 Å². The third-order valence-electron chi connectivity index (χ3n) is 3.28. The number of rotatable bonds is 5. The molecule has 0 saturated heterocycles. The first-order valence-electron chi connectivity index (χ1n) is 9.24. The second kappa shape index (κ2) is 10.8. The molecule has 2 amide bonds. The fourth-order valence-corrected chi connectivity index (χ4v) is 2.49. The average Bonchev–Trinajstić information content (AvgIpc) is 2.64. The maximum Gasteiger partial charge on any atom is 0.413 e. The van der Waals surface area contributed by atoms with Crippen LogP contribution in [0.4, 0.5) is 21.1 Å². The summed E-state index contributed by atoms with van der Waals surface area (Å²) in [6, 6.07) is 8.07. The molecule has 0 bridgehead atoms. The van der Waals surface area contributed by atoms with E-state index < -0.39 is 17.8 Å². The summed E-state index contributed by atoms with van der Waals surface area (Å²) in [6.45, 7) is 7.21. The molecule has 1 aromatic carbocycles. The van der Waals surface area contributed by atoms with E-state index in [1.54, 1.807) is 58.0 Å². The van der Waals surface area contributed by atoms with Crippen molar-refractivity contribution in [2.24, 2.45) is 0 Å². The van der Waals surface area contributed by atoms with Crippen molar-refractivity contribution in [3.63, 3.8) is 0 Å². The monoisotopic (exact) mass is 466 g/mol. The minimum atomic E-state index is -0.654. The summed E-state index contributed by atoms with van der Waals surface area (Å²) in [5.41, 5.74) is -0.296. The van der Waals surface area contributed by atoms with E-state index in [-0.39, 0.29) is 11.7 Å². The van der Waals surface area contributed by atoms with Gasteiger partial charge in [0.15, 0.2) is 5.11 Å². The Morgan fingerprint density at radius 3 is 2.42 bits per heavy atom. The number of ether oxygens (including phenoxy) is 3. The lowest BCUT2D eigenvalue weighted by Crippen LogP contribution is -2.34. The minimum Gasteiger partial charge on any atom is -0.456 e. The highest BCUT2D eigenvalue weighted by molar-refractivity contribution is 7.80. The maximum absolute atomic E-state index is 12.0. The lowest BCUT2D eigenvalue weighted by molar-refractivity contribution is 0.0636. The first-order valence-corrected chi connectivity index (χ1v) is 10.0. The average molecular weight is 467 g/mol. The van der Waals surface area contributed by atoms with Gasteiger partial charge in [0.05, 0.1) is 23.5 Å². The van der Waals surface area contributed by atoms with E-state index in [2.05, 4.69) is 20.9 Å². The molecule has 0 aliphatic heterocycles. The van der Waals surface area contributed by atoms with Crippen LogP contribution in [0.2, 0.25) is 5.02 Å². The first kappa shape index (κ1) is 24.2. The quantitative estimate of drug-likeness (QED) is 0.508. The van der Waals surface area contributed by atoms with Crippen molar-refractivity contribution in [2.45, 2.75) is 33.3 Å². The summed E-state index contributed by atoms with van der Waals surface area (Å²) >= 11 is 11.1. The lowest BCUT2D eigenvalue weighted by Gasteiger charge is -2.20. The van der Waals surface area contributed by atoms with Gasteiger partial charge in [0, 0.05) is 6.07 Å². The summed E-state index contributed by atoms with van der Waals surface area (Å²) in [6.07, 6.45) is 0.180. The fourth-order valence-electron chi connectivity index (χ4n) is 2.14. The van der Waals surface area contributed by atoms with E-state index >= 15 is 0 Å². The Morgan fingerprint density at radius 2 is 1.81 bits per heavy atom. The van der Waals surface area contributed by atoms with Crippen molar-refractivity contribution in [2.75, 3.05) is 17.2 Å². The SMILES string of the molecule is CCOC(=O)NC(=S)Nc1ccc(Oc2ccc(Cl)c(NC(=O)OC(C)(C)C)c2)cn1. The molecule has 9 nitrogen and oxygen atoms in total. The standard InChI is InChI=1S/C20H23ClN4O5S/c1-5-28-18(26)25-17(31)24-16-9-7-13(11-22-16)29-12-6-8-14(21)15(10-12)23-19(27)30-20(2,3)4/h6-11H,5H2,1-4H3,(H,23,27)(H2,22,24,25,26,31). The van der Waals surface area contributed by atoms with E-state index in [1.165, 1.54) is 6.20 Å². The minimum absolute atomic E-state index is 0.0511. The third kappa shape index (κ3) is 8.65. The molecule has 0 aliphatic rings. The molecule has 0 atom stereocenters. The zero-order valence-electron chi connectivity index (χ0n) is 17.4. The number of thiocarbonyl (C=S) groups is 1. The largest absolute Gasteiger partial charge is 0.456 e. The van der Waals surface area contributed by atoms with Gasteiger partial charge >= 0.3 is 12.2 Å². The van der Waals surface area contributed by atoms with Gasteiger partial charge in [-0.15, -0.1) is 0 Å². The van der Waals surface area contributed by atoms with Gasteiger partial charge in [-0.25, -0.2) is 14.6 Å². The number of nitrogens with zero attached hydrogens (tertiary/aromatic N) is 1. The number of alkyl carbamates (subject to hydrolysis) is 1. The highest BCUT2D eigenvalue weighted by Gasteiger charge is 2.17. The third-order valence-corrected chi connectivity index (χ3v) is 3.81. The van der Waals surface area contributed by atoms with E-state index in [9.17, 15) is 9.59 Å². The van der Waals surface area contributed by atoms with Gasteiger partial charge < -0.3 is 19.5 Å². The van der Waals surface area contributed by atoms with Crippen molar-refractivity contribution in [3.8, 4) is 11.5 Å². The zero-order chi connectivity index (χ0) is 23.0. The smallest absolute Gasteiger partial charge is 0.413 e. The fraction of sp³-hybridized carbons (Fsp3) is 0.300. The van der Waals surface area contributed by atoms with Crippen molar-refractivity contribution in [3.05, 3.63) is 41.6 Å². The molecule has 1 heterocycles. The van der Waals surface area contributed by atoms with E-state index in [0.29, 0.717) is 28.0 Å². The Hall–Kier alpha value is -3.11. The van der Waals surface area contributed by atoms with Crippen LogP contribution in [0, 0.1) is 0 Å². The van der Waals surface area contributed by atoms with Crippen LogP contribution in [0.25, 0.3) is 0 Å². The van der Waals surface area contributed by atoms with E-state index in [0.717, 1.165) is 0 Å². The van der Waals surface area contributed by atoms with Crippen LogP contribution in [-0.4, -0.2) is 34.5 Å². The van der Waals surface area contributed by atoms with Crippen molar-refractivity contribution in [1.29, 1.82) is 0 Å². The van der Waals surface area contributed by atoms with Gasteiger partial charge in [-0.3, -0.25) is 10.6 Å². The van der Waals surface area contributed by atoms with Crippen LogP contribution in [0.1, 0.15) is 27.7 Å². The number of benzene rings is 1. The van der Waals surface area contributed by atoms with Crippen LogP contribution in [-0.2, 0) is 9.47 Å². The molecular weight excluding hydrogens is 444 g/mol. The molecule has 0 saturated carbocycles. The Kier molecular flexibility index (Phi) is 8.40. The molecule has 166 valence electrons. The highest BCUT2D eigenvalue weighted by Crippen LogP contribution is 2.30. The van der Waals surface area contributed by atoms with Gasteiger partial charge in [-0.05, 0) is 64.2 Å². The molecule has 1 aromatic heterocycles. The van der Waals surface area contributed by atoms with Crippen molar-refractivity contribution in [1.82, 2.24) is 10.3 Å². The van der Waals surface area contributed by atoms with Crippen molar-refractivity contribution >= 4 is 52.6 Å². The maximum atomic E-state index is 12.0. The number of pyridine rings is 1. The molecule has 3 N–H and O–H groups in total. The Bertz CT molecular complexity index is 948. The first-order chi connectivity index (χ1) is 14.6. The second-order valence-corrected chi connectivity index (χ2v) is 7.86. The number of anilines is 2. The molecular formula is C20H23ClN4O5S. The summed E-state index contributed by atoms with van der Waals surface area (Å²) in [7, 11) is 0.